The molecule has 0 radical (unpaired) electrons. The topological polar surface area (TPSA) is 69.6 Å². The van der Waals surface area contributed by atoms with Crippen LogP contribution in [0.25, 0.3) is 0 Å². The lowest BCUT2D eigenvalue weighted by Crippen LogP contribution is -2.39. The molecule has 0 saturated heterocycles. The van der Waals surface area contributed by atoms with Crippen LogP contribution in [0, 0.1) is 5.92 Å². The fourth-order valence-electron chi connectivity index (χ4n) is 2.03. The fourth-order valence-corrected chi connectivity index (χ4v) is 2.03. The summed E-state index contributed by atoms with van der Waals surface area (Å²) in [5, 5.41) is 11.7. The Morgan fingerprint density at radius 1 is 1.30 bits per heavy atom. The zero-order chi connectivity index (χ0) is 14.5. The third-order valence-corrected chi connectivity index (χ3v) is 3.47. The Labute approximate surface area is 118 Å². The summed E-state index contributed by atoms with van der Waals surface area (Å²) >= 11 is 0. The van der Waals surface area contributed by atoms with Crippen molar-refractivity contribution in [3.63, 3.8) is 0 Å². The summed E-state index contributed by atoms with van der Waals surface area (Å²) in [7, 11) is 1.81. The molecular weight excluding hydrogens is 256 g/mol. The van der Waals surface area contributed by atoms with E-state index in [-0.39, 0.29) is 11.6 Å². The average molecular weight is 276 g/mol. The molecule has 20 heavy (non-hydrogen) atoms. The molecule has 0 heterocycles. The smallest absolute Gasteiger partial charge is 0.335 e. The van der Waals surface area contributed by atoms with Gasteiger partial charge in [0.25, 0.3) is 0 Å². The Morgan fingerprint density at radius 3 is 2.50 bits per heavy atom. The highest BCUT2D eigenvalue weighted by molar-refractivity contribution is 5.87. The highest BCUT2D eigenvalue weighted by Gasteiger charge is 2.24. The highest BCUT2D eigenvalue weighted by atomic mass is 16.4. The van der Waals surface area contributed by atoms with Gasteiger partial charge in [-0.2, -0.15) is 0 Å². The van der Waals surface area contributed by atoms with E-state index in [0.29, 0.717) is 18.9 Å². The standard InChI is InChI=1S/C15H20N2O3/c1-17(10-12-2-3-12)15(20)16-9-8-11-4-6-13(7-5-11)14(18)19/h4-7,12H,2-3,8-10H2,1H3,(H,16,20)(H,18,19). The molecular formula is C15H20N2O3. The number of nitrogens with zero attached hydrogens (tertiary/aromatic N) is 1. The van der Waals surface area contributed by atoms with E-state index in [4.69, 9.17) is 5.11 Å². The molecule has 1 aromatic rings. The lowest BCUT2D eigenvalue weighted by atomic mass is 10.1. The summed E-state index contributed by atoms with van der Waals surface area (Å²) < 4.78 is 0. The average Bonchev–Trinajstić information content (AvgIpc) is 3.23. The fraction of sp³-hybridized carbons (Fsp3) is 0.467. The summed E-state index contributed by atoms with van der Waals surface area (Å²) in [6.07, 6.45) is 3.16. The van der Waals surface area contributed by atoms with Gasteiger partial charge < -0.3 is 15.3 Å². The first-order valence-corrected chi connectivity index (χ1v) is 6.87. The van der Waals surface area contributed by atoms with E-state index in [9.17, 15) is 9.59 Å². The SMILES string of the molecule is CN(CC1CC1)C(=O)NCCc1ccc(C(=O)O)cc1. The molecule has 5 nitrogen and oxygen atoms in total. The molecule has 2 N–H and O–H groups in total. The monoisotopic (exact) mass is 276 g/mol. The maximum atomic E-state index is 11.8. The van der Waals surface area contributed by atoms with Crippen molar-refractivity contribution in [2.75, 3.05) is 20.1 Å². The van der Waals surface area contributed by atoms with Crippen molar-refractivity contribution in [3.8, 4) is 0 Å². The number of carbonyl (C=O) groups is 2. The van der Waals surface area contributed by atoms with E-state index in [1.54, 1.807) is 29.2 Å². The van der Waals surface area contributed by atoms with Crippen LogP contribution in [-0.2, 0) is 6.42 Å². The van der Waals surface area contributed by atoms with Gasteiger partial charge in [0.1, 0.15) is 0 Å². The molecule has 0 unspecified atom stereocenters. The first-order valence-electron chi connectivity index (χ1n) is 6.87. The number of hydrogen-bond donors (Lipinski definition) is 2. The van der Waals surface area contributed by atoms with E-state index >= 15 is 0 Å². The van der Waals surface area contributed by atoms with Crippen LogP contribution in [0.5, 0.6) is 0 Å². The summed E-state index contributed by atoms with van der Waals surface area (Å²) in [5.41, 5.74) is 1.29. The Hall–Kier alpha value is -2.04. The number of benzene rings is 1. The predicted octanol–water partition coefficient (Wildman–Crippen LogP) is 1.98. The second-order valence-electron chi connectivity index (χ2n) is 5.31. The van der Waals surface area contributed by atoms with Crippen LogP contribution in [0.15, 0.2) is 24.3 Å². The van der Waals surface area contributed by atoms with Crippen molar-refractivity contribution in [1.82, 2.24) is 10.2 Å². The molecule has 1 saturated carbocycles. The second kappa shape index (κ2) is 6.41. The quantitative estimate of drug-likeness (QED) is 0.834. The largest absolute Gasteiger partial charge is 0.478 e. The van der Waals surface area contributed by atoms with Gasteiger partial charge in [-0.05, 0) is 42.9 Å². The van der Waals surface area contributed by atoms with Crippen LogP contribution in [0.1, 0.15) is 28.8 Å². The van der Waals surface area contributed by atoms with Crippen LogP contribution >= 0.6 is 0 Å². The van der Waals surface area contributed by atoms with Gasteiger partial charge in [-0.1, -0.05) is 12.1 Å². The summed E-state index contributed by atoms with van der Waals surface area (Å²) in [6, 6.07) is 6.68. The molecule has 0 spiro atoms. The van der Waals surface area contributed by atoms with Crippen molar-refractivity contribution < 1.29 is 14.7 Å². The number of urea groups is 1. The summed E-state index contributed by atoms with van der Waals surface area (Å²) in [5.74, 6) is -0.235. The van der Waals surface area contributed by atoms with Crippen molar-refractivity contribution >= 4 is 12.0 Å². The van der Waals surface area contributed by atoms with Crippen LogP contribution < -0.4 is 5.32 Å². The van der Waals surface area contributed by atoms with E-state index in [2.05, 4.69) is 5.32 Å². The molecule has 5 heteroatoms. The lowest BCUT2D eigenvalue weighted by Gasteiger charge is -2.17. The molecule has 0 aromatic heterocycles. The van der Waals surface area contributed by atoms with Crippen LogP contribution in [0.4, 0.5) is 4.79 Å². The number of carboxylic acids is 1. The van der Waals surface area contributed by atoms with Gasteiger partial charge >= 0.3 is 12.0 Å². The van der Waals surface area contributed by atoms with Crippen LogP contribution in [0.2, 0.25) is 0 Å². The van der Waals surface area contributed by atoms with Crippen molar-refractivity contribution in [2.24, 2.45) is 5.92 Å². The molecule has 0 aliphatic heterocycles. The maximum Gasteiger partial charge on any atom is 0.335 e. The van der Waals surface area contributed by atoms with Gasteiger partial charge in [0.05, 0.1) is 5.56 Å². The molecule has 108 valence electrons. The minimum atomic E-state index is -0.924. The first-order chi connectivity index (χ1) is 9.56. The normalized spacial score (nSPS) is 13.8. The molecule has 1 aliphatic carbocycles. The van der Waals surface area contributed by atoms with Crippen molar-refractivity contribution in [1.29, 1.82) is 0 Å². The number of carbonyl (C=O) groups excluding carboxylic acids is 1. The molecule has 1 aliphatic rings. The zero-order valence-electron chi connectivity index (χ0n) is 11.6. The van der Waals surface area contributed by atoms with E-state index < -0.39 is 5.97 Å². The summed E-state index contributed by atoms with van der Waals surface area (Å²) in [4.78, 5) is 24.2. The number of hydrogen-bond acceptors (Lipinski definition) is 2. The van der Waals surface area contributed by atoms with Crippen molar-refractivity contribution in [3.05, 3.63) is 35.4 Å². The minimum absolute atomic E-state index is 0.0425. The van der Waals surface area contributed by atoms with E-state index in [1.165, 1.54) is 12.8 Å². The molecule has 0 atom stereocenters. The molecule has 0 bridgehead atoms. The number of carboxylic acid groups (broad SMARTS) is 1. The number of amides is 2. The van der Waals surface area contributed by atoms with Crippen LogP contribution in [0.3, 0.4) is 0 Å². The van der Waals surface area contributed by atoms with Gasteiger partial charge in [-0.15, -0.1) is 0 Å². The molecule has 2 amide bonds. The molecule has 1 aromatic carbocycles. The third kappa shape index (κ3) is 4.26. The number of aromatic carboxylic acids is 1. The first kappa shape index (κ1) is 14.4. The molecule has 1 fully saturated rings. The predicted molar refractivity (Wildman–Crippen MR) is 75.9 cm³/mol. The minimum Gasteiger partial charge on any atom is -0.478 e. The van der Waals surface area contributed by atoms with Gasteiger partial charge in [0, 0.05) is 20.1 Å². The van der Waals surface area contributed by atoms with Gasteiger partial charge in [-0.3, -0.25) is 0 Å². The zero-order valence-corrected chi connectivity index (χ0v) is 11.6. The number of rotatable bonds is 6. The van der Waals surface area contributed by atoms with Gasteiger partial charge in [-0.25, -0.2) is 9.59 Å². The van der Waals surface area contributed by atoms with Gasteiger partial charge in [0.2, 0.25) is 0 Å². The number of nitrogens with one attached hydrogen (secondary N) is 1. The lowest BCUT2D eigenvalue weighted by molar-refractivity contribution is 0.0697. The maximum absolute atomic E-state index is 11.8. The Kier molecular flexibility index (Phi) is 4.61. The third-order valence-electron chi connectivity index (χ3n) is 3.47. The second-order valence-corrected chi connectivity index (χ2v) is 5.31. The van der Waals surface area contributed by atoms with Crippen LogP contribution in [-0.4, -0.2) is 42.1 Å². The highest BCUT2D eigenvalue weighted by Crippen LogP contribution is 2.29. The Morgan fingerprint density at radius 2 is 1.95 bits per heavy atom. The van der Waals surface area contributed by atoms with E-state index in [0.717, 1.165) is 12.1 Å². The van der Waals surface area contributed by atoms with Gasteiger partial charge in [0.15, 0.2) is 0 Å². The van der Waals surface area contributed by atoms with E-state index in [1.807, 2.05) is 7.05 Å². The Bertz CT molecular complexity index is 480. The van der Waals surface area contributed by atoms with Crippen molar-refractivity contribution in [2.45, 2.75) is 19.3 Å². The molecule has 2 rings (SSSR count). The Balaban J connectivity index is 1.71. The summed E-state index contributed by atoms with van der Waals surface area (Å²) in [6.45, 7) is 1.39.